The SMILES string of the molecule is CCOCc1c(C(=O)OC(C)C(=O)c2ccccc2)oc2ccccc12. The molecule has 0 saturated carbocycles. The zero-order valence-electron chi connectivity index (χ0n) is 14.7. The van der Waals surface area contributed by atoms with Gasteiger partial charge in [0.2, 0.25) is 11.5 Å². The van der Waals surface area contributed by atoms with Gasteiger partial charge in [0, 0.05) is 23.1 Å². The zero-order valence-corrected chi connectivity index (χ0v) is 14.7. The number of ether oxygens (including phenoxy) is 2. The molecule has 0 saturated heterocycles. The van der Waals surface area contributed by atoms with Crippen molar-refractivity contribution in [1.29, 1.82) is 0 Å². The summed E-state index contributed by atoms with van der Waals surface area (Å²) in [6.07, 6.45) is -0.918. The van der Waals surface area contributed by atoms with E-state index in [9.17, 15) is 9.59 Å². The van der Waals surface area contributed by atoms with Crippen molar-refractivity contribution in [2.24, 2.45) is 0 Å². The van der Waals surface area contributed by atoms with Gasteiger partial charge in [-0.1, -0.05) is 48.5 Å². The van der Waals surface area contributed by atoms with Gasteiger partial charge in [0.1, 0.15) is 5.58 Å². The third-order valence-electron chi connectivity index (χ3n) is 4.05. The summed E-state index contributed by atoms with van der Waals surface area (Å²) in [7, 11) is 0. The lowest BCUT2D eigenvalue weighted by molar-refractivity contribution is 0.0285. The number of furan rings is 1. The van der Waals surface area contributed by atoms with E-state index < -0.39 is 12.1 Å². The minimum Gasteiger partial charge on any atom is -0.449 e. The van der Waals surface area contributed by atoms with Crippen LogP contribution in [0.3, 0.4) is 0 Å². The molecule has 0 N–H and O–H groups in total. The molecule has 0 spiro atoms. The Morgan fingerprint density at radius 3 is 2.46 bits per heavy atom. The Kier molecular flexibility index (Phi) is 5.49. The van der Waals surface area contributed by atoms with Gasteiger partial charge in [0.05, 0.1) is 6.61 Å². The Labute approximate surface area is 151 Å². The first-order valence-corrected chi connectivity index (χ1v) is 8.50. The van der Waals surface area contributed by atoms with E-state index in [1.807, 2.05) is 31.2 Å². The van der Waals surface area contributed by atoms with Crippen molar-refractivity contribution in [2.45, 2.75) is 26.6 Å². The fourth-order valence-corrected chi connectivity index (χ4v) is 2.72. The number of benzene rings is 2. The molecule has 26 heavy (non-hydrogen) atoms. The van der Waals surface area contributed by atoms with Gasteiger partial charge >= 0.3 is 5.97 Å². The van der Waals surface area contributed by atoms with Crippen LogP contribution in [0.15, 0.2) is 59.0 Å². The molecule has 2 aromatic carbocycles. The smallest absolute Gasteiger partial charge is 0.375 e. The monoisotopic (exact) mass is 352 g/mol. The molecule has 1 atom stereocenters. The molecule has 0 fully saturated rings. The van der Waals surface area contributed by atoms with Crippen LogP contribution in [-0.4, -0.2) is 24.5 Å². The maximum Gasteiger partial charge on any atom is 0.375 e. The van der Waals surface area contributed by atoms with Gasteiger partial charge in [-0.05, 0) is 19.9 Å². The molecule has 1 unspecified atom stereocenters. The second-order valence-electron chi connectivity index (χ2n) is 5.82. The fraction of sp³-hybridized carbons (Fsp3) is 0.238. The van der Waals surface area contributed by atoms with Crippen LogP contribution in [0.5, 0.6) is 0 Å². The second-order valence-corrected chi connectivity index (χ2v) is 5.82. The van der Waals surface area contributed by atoms with Gasteiger partial charge in [-0.3, -0.25) is 4.79 Å². The van der Waals surface area contributed by atoms with Crippen LogP contribution >= 0.6 is 0 Å². The molecule has 0 bridgehead atoms. The largest absolute Gasteiger partial charge is 0.449 e. The number of carbonyl (C=O) groups is 2. The maximum atomic E-state index is 12.6. The fourth-order valence-electron chi connectivity index (χ4n) is 2.72. The molecule has 3 rings (SSSR count). The lowest BCUT2D eigenvalue weighted by atomic mass is 10.1. The standard InChI is InChI=1S/C21H20O5/c1-3-24-13-17-16-11-7-8-12-18(16)26-20(17)21(23)25-14(2)19(22)15-9-5-4-6-10-15/h4-12,14H,3,13H2,1-2H3. The van der Waals surface area contributed by atoms with E-state index in [-0.39, 0.29) is 18.2 Å². The Hall–Kier alpha value is -2.92. The highest BCUT2D eigenvalue weighted by Crippen LogP contribution is 2.27. The molecular weight excluding hydrogens is 332 g/mol. The van der Waals surface area contributed by atoms with Crippen molar-refractivity contribution in [3.8, 4) is 0 Å². The van der Waals surface area contributed by atoms with Crippen LogP contribution in [0.2, 0.25) is 0 Å². The van der Waals surface area contributed by atoms with Gasteiger partial charge in [0.15, 0.2) is 6.10 Å². The first kappa shape index (κ1) is 17.9. The number of fused-ring (bicyclic) bond motifs is 1. The summed E-state index contributed by atoms with van der Waals surface area (Å²) in [5.74, 6) is -0.860. The minimum atomic E-state index is -0.918. The van der Waals surface area contributed by atoms with Gasteiger partial charge in [-0.25, -0.2) is 4.79 Å². The number of para-hydroxylation sites is 1. The molecule has 0 aliphatic carbocycles. The predicted molar refractivity (Wildman–Crippen MR) is 97.2 cm³/mol. The molecule has 134 valence electrons. The molecule has 5 nitrogen and oxygen atoms in total. The van der Waals surface area contributed by atoms with Crippen molar-refractivity contribution in [3.05, 3.63) is 71.5 Å². The normalized spacial score (nSPS) is 12.1. The van der Waals surface area contributed by atoms with Crippen molar-refractivity contribution >= 4 is 22.7 Å². The molecule has 0 aliphatic heterocycles. The van der Waals surface area contributed by atoms with Crippen LogP contribution in [0.25, 0.3) is 11.0 Å². The molecular formula is C21H20O5. The molecule has 1 aromatic heterocycles. The first-order chi connectivity index (χ1) is 12.6. The van der Waals surface area contributed by atoms with Crippen molar-refractivity contribution in [2.75, 3.05) is 6.61 Å². The number of ketones is 1. The zero-order chi connectivity index (χ0) is 18.5. The summed E-state index contributed by atoms with van der Waals surface area (Å²) in [5, 5.41) is 0.801. The molecule has 0 aliphatic rings. The summed E-state index contributed by atoms with van der Waals surface area (Å²) in [5.41, 5.74) is 1.70. The lowest BCUT2D eigenvalue weighted by Gasteiger charge is -2.12. The molecule has 0 amide bonds. The molecule has 5 heteroatoms. The van der Waals surface area contributed by atoms with Crippen molar-refractivity contribution in [1.82, 2.24) is 0 Å². The third kappa shape index (κ3) is 3.68. The van der Waals surface area contributed by atoms with Gasteiger partial charge < -0.3 is 13.9 Å². The summed E-state index contributed by atoms with van der Waals surface area (Å²) in [6, 6.07) is 16.1. The van der Waals surface area contributed by atoms with Gasteiger partial charge in [-0.2, -0.15) is 0 Å². The van der Waals surface area contributed by atoms with Gasteiger partial charge in [0.25, 0.3) is 0 Å². The Bertz CT molecular complexity index is 911. The van der Waals surface area contributed by atoms with Crippen LogP contribution in [0.1, 0.15) is 40.3 Å². The first-order valence-electron chi connectivity index (χ1n) is 8.50. The van der Waals surface area contributed by atoms with E-state index in [0.29, 0.717) is 23.3 Å². The van der Waals surface area contributed by atoms with E-state index in [0.717, 1.165) is 5.39 Å². The number of carbonyl (C=O) groups excluding carboxylic acids is 2. The van der Waals surface area contributed by atoms with Crippen molar-refractivity contribution in [3.63, 3.8) is 0 Å². The van der Waals surface area contributed by atoms with E-state index in [1.54, 1.807) is 37.3 Å². The summed E-state index contributed by atoms with van der Waals surface area (Å²) < 4.78 is 16.5. The lowest BCUT2D eigenvalue weighted by Crippen LogP contribution is -2.24. The highest BCUT2D eigenvalue weighted by molar-refractivity contribution is 6.02. The van der Waals surface area contributed by atoms with E-state index in [2.05, 4.69) is 0 Å². The second kappa shape index (κ2) is 7.97. The predicted octanol–water partition coefficient (Wildman–Crippen LogP) is 4.40. The highest BCUT2D eigenvalue weighted by atomic mass is 16.6. The summed E-state index contributed by atoms with van der Waals surface area (Å²) in [6.45, 7) is 4.18. The average Bonchev–Trinajstić information content (AvgIpc) is 3.05. The van der Waals surface area contributed by atoms with Gasteiger partial charge in [-0.15, -0.1) is 0 Å². The maximum absolute atomic E-state index is 12.6. The van der Waals surface area contributed by atoms with Crippen LogP contribution in [0, 0.1) is 0 Å². The number of esters is 1. The topological polar surface area (TPSA) is 65.7 Å². The van der Waals surface area contributed by atoms with Crippen LogP contribution in [0.4, 0.5) is 0 Å². The number of rotatable bonds is 7. The minimum absolute atomic E-state index is 0.0763. The van der Waals surface area contributed by atoms with E-state index in [4.69, 9.17) is 13.9 Å². The van der Waals surface area contributed by atoms with Crippen LogP contribution in [-0.2, 0) is 16.1 Å². The Morgan fingerprint density at radius 1 is 1.04 bits per heavy atom. The van der Waals surface area contributed by atoms with Crippen molar-refractivity contribution < 1.29 is 23.5 Å². The number of hydrogen-bond acceptors (Lipinski definition) is 5. The molecule has 0 radical (unpaired) electrons. The van der Waals surface area contributed by atoms with Crippen LogP contribution < -0.4 is 0 Å². The summed E-state index contributed by atoms with van der Waals surface area (Å²) in [4.78, 5) is 25.0. The summed E-state index contributed by atoms with van der Waals surface area (Å²) >= 11 is 0. The molecule has 1 heterocycles. The Balaban J connectivity index is 1.84. The highest BCUT2D eigenvalue weighted by Gasteiger charge is 2.26. The number of hydrogen-bond donors (Lipinski definition) is 0. The quantitative estimate of drug-likeness (QED) is 0.466. The third-order valence-corrected chi connectivity index (χ3v) is 4.05. The average molecular weight is 352 g/mol. The molecule has 3 aromatic rings. The van der Waals surface area contributed by atoms with E-state index >= 15 is 0 Å². The van der Waals surface area contributed by atoms with E-state index in [1.165, 1.54) is 0 Å². The Morgan fingerprint density at radius 2 is 1.73 bits per heavy atom. The number of Topliss-reactive ketones (excluding diaryl/α,β-unsaturated/α-hetero) is 1.